The highest BCUT2D eigenvalue weighted by Crippen LogP contribution is 2.38. The molecule has 2 unspecified atom stereocenters. The van der Waals surface area contributed by atoms with Gasteiger partial charge in [0.1, 0.15) is 19.8 Å². The Labute approximate surface area is 599 Å². The molecule has 9 nitrogen and oxygen atoms in total. The van der Waals surface area contributed by atoms with E-state index in [4.69, 9.17) is 18.5 Å². The van der Waals surface area contributed by atoms with E-state index in [-0.39, 0.29) is 32.0 Å². The predicted octanol–water partition coefficient (Wildman–Crippen LogP) is 27.9. The number of quaternary nitrogens is 1. The van der Waals surface area contributed by atoms with Crippen LogP contribution < -0.4 is 4.89 Å². The molecule has 0 amide bonds. The Kier molecular flexibility index (Phi) is 76.0. The van der Waals surface area contributed by atoms with E-state index in [1.807, 2.05) is 21.1 Å². The first-order chi connectivity index (χ1) is 47.0. The fraction of sp³-hybridized carbons (Fsp3) is 0.907. The van der Waals surface area contributed by atoms with Crippen molar-refractivity contribution in [1.82, 2.24) is 0 Å². The van der Waals surface area contributed by atoms with Crippen LogP contribution in [0, 0.1) is 0 Å². The van der Waals surface area contributed by atoms with Crippen LogP contribution in [0.25, 0.3) is 0 Å². The number of esters is 2. The van der Waals surface area contributed by atoms with Crippen molar-refractivity contribution in [1.29, 1.82) is 0 Å². The van der Waals surface area contributed by atoms with Crippen molar-refractivity contribution in [3.8, 4) is 0 Å². The summed E-state index contributed by atoms with van der Waals surface area (Å²) in [5.74, 6) is -0.805. The summed E-state index contributed by atoms with van der Waals surface area (Å²) in [5, 5.41) is 0. The fourth-order valence-electron chi connectivity index (χ4n) is 13.1. The monoisotopic (exact) mass is 1370 g/mol. The smallest absolute Gasteiger partial charge is 0.306 e. The van der Waals surface area contributed by atoms with Gasteiger partial charge in [-0.25, -0.2) is 0 Å². The Balaban J connectivity index is 3.86. The number of carbonyl (C=O) groups excluding carboxylic acids is 2. The topological polar surface area (TPSA) is 111 Å². The van der Waals surface area contributed by atoms with Crippen molar-refractivity contribution >= 4 is 19.8 Å². The summed E-state index contributed by atoms with van der Waals surface area (Å²) in [6.45, 7) is 4.32. The molecular weight excluding hydrogens is 1210 g/mol. The number of phosphoric acid groups is 1. The van der Waals surface area contributed by atoms with Crippen LogP contribution in [-0.2, 0) is 32.7 Å². The zero-order valence-corrected chi connectivity index (χ0v) is 66.0. The van der Waals surface area contributed by atoms with Crippen molar-refractivity contribution in [3.05, 3.63) is 36.5 Å². The number of rotatable bonds is 81. The normalized spacial score (nSPS) is 13.1. The largest absolute Gasteiger partial charge is 0.756 e. The number of nitrogens with zero attached hydrogens (tertiary/aromatic N) is 1. The second-order valence-corrected chi connectivity index (χ2v) is 32.0. The fourth-order valence-corrected chi connectivity index (χ4v) is 13.8. The predicted molar refractivity (Wildman–Crippen MR) is 416 cm³/mol. The van der Waals surface area contributed by atoms with Crippen LogP contribution in [-0.4, -0.2) is 70.0 Å². The van der Waals surface area contributed by atoms with Crippen LogP contribution >= 0.6 is 7.82 Å². The van der Waals surface area contributed by atoms with E-state index in [0.717, 1.165) is 38.5 Å². The molecule has 0 heterocycles. The van der Waals surface area contributed by atoms with Gasteiger partial charge in [-0.15, -0.1) is 0 Å². The molecule has 0 spiro atoms. The van der Waals surface area contributed by atoms with Gasteiger partial charge in [0, 0.05) is 12.8 Å². The molecule has 568 valence electrons. The van der Waals surface area contributed by atoms with Gasteiger partial charge in [-0.1, -0.05) is 403 Å². The first kappa shape index (κ1) is 94.2. The summed E-state index contributed by atoms with van der Waals surface area (Å²) in [4.78, 5) is 38.2. The Morgan fingerprint density at radius 3 is 0.833 bits per heavy atom. The molecule has 0 aliphatic carbocycles. The average Bonchev–Trinajstić information content (AvgIpc) is 1.48. The summed E-state index contributed by atoms with van der Waals surface area (Å²) >= 11 is 0. The molecule has 0 saturated carbocycles. The van der Waals surface area contributed by atoms with E-state index in [2.05, 4.69) is 50.3 Å². The lowest BCUT2D eigenvalue weighted by Crippen LogP contribution is -2.37. The average molecular weight is 1370 g/mol. The van der Waals surface area contributed by atoms with Gasteiger partial charge >= 0.3 is 11.9 Å². The zero-order chi connectivity index (χ0) is 69.7. The van der Waals surface area contributed by atoms with Crippen LogP contribution in [0.5, 0.6) is 0 Å². The van der Waals surface area contributed by atoms with Gasteiger partial charge < -0.3 is 27.9 Å². The number of hydrogen-bond donors (Lipinski definition) is 0. The first-order valence-electron chi connectivity index (χ1n) is 42.7. The van der Waals surface area contributed by atoms with Crippen molar-refractivity contribution in [3.63, 3.8) is 0 Å². The minimum atomic E-state index is -4.64. The van der Waals surface area contributed by atoms with Gasteiger partial charge in [0.2, 0.25) is 0 Å². The van der Waals surface area contributed by atoms with Crippen LogP contribution in [0.4, 0.5) is 0 Å². The number of ether oxygens (including phenoxy) is 2. The molecule has 0 fully saturated rings. The highest BCUT2D eigenvalue weighted by atomic mass is 31.2. The second kappa shape index (κ2) is 77.4. The molecular formula is C86H166NO8P. The maximum Gasteiger partial charge on any atom is 0.306 e. The summed E-state index contributed by atoms with van der Waals surface area (Å²) < 4.78 is 34.5. The number of hydrogen-bond acceptors (Lipinski definition) is 8. The molecule has 0 saturated heterocycles. The standard InChI is InChI=1S/C86H166NO8P/c1-6-8-10-12-14-16-18-20-22-24-26-28-30-32-34-36-38-40-41-42-43-44-45-47-48-50-52-54-56-58-60-62-64-66-68-70-72-74-76-78-85(88)92-82-84(83-94-96(90,91)93-81-80-87(3,4)5)95-86(89)79-77-75-73-71-69-67-65-63-61-59-57-55-53-51-49-46-39-37-35-33-31-29-27-25-23-21-19-17-15-13-11-9-7-2/h19,21,24-27,84H,6-18,20,22-23,28-83H2,1-5H3/b21-19-,26-24-,27-25-. The molecule has 0 aromatic heterocycles. The molecule has 0 aliphatic rings. The van der Waals surface area contributed by atoms with E-state index in [0.29, 0.717) is 17.4 Å². The maximum atomic E-state index is 12.9. The van der Waals surface area contributed by atoms with Crippen LogP contribution in [0.1, 0.15) is 450 Å². The minimum Gasteiger partial charge on any atom is -0.756 e. The lowest BCUT2D eigenvalue weighted by Gasteiger charge is -2.28. The summed E-state index contributed by atoms with van der Waals surface area (Å²) in [7, 11) is 1.19. The number of phosphoric ester groups is 1. The van der Waals surface area contributed by atoms with Gasteiger partial charge in [-0.2, -0.15) is 0 Å². The molecule has 0 aromatic carbocycles. The van der Waals surface area contributed by atoms with Crippen molar-refractivity contribution < 1.29 is 42.1 Å². The summed E-state index contributed by atoms with van der Waals surface area (Å²) in [6.07, 6.45) is 102. The third kappa shape index (κ3) is 81.2. The molecule has 0 rings (SSSR count). The maximum absolute atomic E-state index is 12.9. The van der Waals surface area contributed by atoms with Crippen LogP contribution in [0.15, 0.2) is 36.5 Å². The number of unbranched alkanes of at least 4 members (excludes halogenated alkanes) is 61. The summed E-state index contributed by atoms with van der Waals surface area (Å²) in [5.41, 5.74) is 0. The molecule has 0 radical (unpaired) electrons. The Bertz CT molecular complexity index is 1710. The molecule has 2 atom stereocenters. The number of carbonyl (C=O) groups is 2. The van der Waals surface area contributed by atoms with Gasteiger partial charge in [0.25, 0.3) is 7.82 Å². The zero-order valence-electron chi connectivity index (χ0n) is 65.1. The van der Waals surface area contributed by atoms with Crippen molar-refractivity contribution in [2.24, 2.45) is 0 Å². The SMILES string of the molecule is CCCCCCC/C=C\C/C=C\CCCCCCCCCCCCCCCCCCCCCCCC(=O)OC(COC(=O)CCCCCCCCCCCCCCCCCCCCCCCCCCCCC/C=C\CCCCCCCCCC)COP(=O)([O-])OCC[N+](C)(C)C. The lowest BCUT2D eigenvalue weighted by atomic mass is 10.0. The molecule has 0 aliphatic heterocycles. The quantitative estimate of drug-likeness (QED) is 0.0195. The molecule has 0 aromatic rings. The highest BCUT2D eigenvalue weighted by molar-refractivity contribution is 7.45. The van der Waals surface area contributed by atoms with Crippen LogP contribution in [0.2, 0.25) is 0 Å². The molecule has 0 bridgehead atoms. The van der Waals surface area contributed by atoms with Crippen molar-refractivity contribution in [2.75, 3.05) is 47.5 Å². The Hall–Kier alpha value is -1.77. The van der Waals surface area contributed by atoms with E-state index in [1.54, 1.807) is 0 Å². The first-order valence-corrected chi connectivity index (χ1v) is 44.2. The van der Waals surface area contributed by atoms with E-state index < -0.39 is 26.5 Å². The van der Waals surface area contributed by atoms with E-state index in [9.17, 15) is 19.0 Å². The minimum absolute atomic E-state index is 0.0269. The van der Waals surface area contributed by atoms with E-state index >= 15 is 0 Å². The second-order valence-electron chi connectivity index (χ2n) is 30.5. The van der Waals surface area contributed by atoms with E-state index in [1.165, 1.54) is 379 Å². The number of likely N-dealkylation sites (N-methyl/N-ethyl adjacent to an activating group) is 1. The van der Waals surface area contributed by atoms with Gasteiger partial charge in [0.15, 0.2) is 6.10 Å². The Morgan fingerprint density at radius 1 is 0.323 bits per heavy atom. The lowest BCUT2D eigenvalue weighted by molar-refractivity contribution is -0.870. The third-order valence-electron chi connectivity index (χ3n) is 19.6. The number of allylic oxidation sites excluding steroid dienone is 6. The molecule has 96 heavy (non-hydrogen) atoms. The van der Waals surface area contributed by atoms with Gasteiger partial charge in [0.05, 0.1) is 27.7 Å². The van der Waals surface area contributed by atoms with Crippen molar-refractivity contribution in [2.45, 2.75) is 457 Å². The molecule has 10 heteroatoms. The van der Waals surface area contributed by atoms with Gasteiger partial charge in [-0.05, 0) is 70.6 Å². The third-order valence-corrected chi connectivity index (χ3v) is 20.6. The molecule has 0 N–H and O–H groups in total. The van der Waals surface area contributed by atoms with Gasteiger partial charge in [-0.3, -0.25) is 14.2 Å². The van der Waals surface area contributed by atoms with Crippen LogP contribution in [0.3, 0.4) is 0 Å². The highest BCUT2D eigenvalue weighted by Gasteiger charge is 2.22. The summed E-state index contributed by atoms with van der Waals surface area (Å²) in [6, 6.07) is 0. The Morgan fingerprint density at radius 2 is 0.562 bits per heavy atom.